The largest absolute Gasteiger partial charge is 0.363 e. The van der Waals surface area contributed by atoms with Crippen LogP contribution in [0.15, 0.2) is 12.1 Å². The fourth-order valence-electron chi connectivity index (χ4n) is 5.48. The maximum atomic E-state index is 15.1. The van der Waals surface area contributed by atoms with Crippen molar-refractivity contribution in [3.8, 4) is 0 Å². The normalized spacial score (nSPS) is 28.6. The van der Waals surface area contributed by atoms with Gasteiger partial charge in [-0.3, -0.25) is 34.3 Å². The number of nitrogens with zero attached hydrogens (tertiary/aromatic N) is 3. The van der Waals surface area contributed by atoms with Crippen LogP contribution in [0, 0.1) is 5.82 Å². The van der Waals surface area contributed by atoms with Gasteiger partial charge < -0.3 is 4.90 Å². The van der Waals surface area contributed by atoms with E-state index in [2.05, 4.69) is 31.0 Å². The molecule has 31 heavy (non-hydrogen) atoms. The van der Waals surface area contributed by atoms with E-state index in [4.69, 9.17) is 0 Å². The highest BCUT2D eigenvalue weighted by molar-refractivity contribution is 6.23. The fourth-order valence-corrected chi connectivity index (χ4v) is 5.48. The van der Waals surface area contributed by atoms with Crippen molar-refractivity contribution in [2.45, 2.75) is 63.7 Å². The quantitative estimate of drug-likeness (QED) is 0.714. The molecule has 1 N–H and O–H groups in total. The lowest BCUT2D eigenvalue weighted by Crippen LogP contribution is -2.54. The fraction of sp³-hybridized carbons (Fsp3) is 0.545. The van der Waals surface area contributed by atoms with Crippen molar-refractivity contribution in [1.29, 1.82) is 0 Å². The number of fused-ring (bicyclic) bond motifs is 3. The molecule has 4 amide bonds. The molecular formula is C22H25FN4O4. The molecule has 4 aliphatic rings. The van der Waals surface area contributed by atoms with Crippen LogP contribution in [0.2, 0.25) is 0 Å². The van der Waals surface area contributed by atoms with Crippen molar-refractivity contribution < 1.29 is 23.6 Å². The van der Waals surface area contributed by atoms with E-state index < -0.39 is 35.5 Å². The minimum atomic E-state index is -1.06. The summed E-state index contributed by atoms with van der Waals surface area (Å²) in [6.07, 6.45) is 1.05. The molecule has 1 aromatic rings. The number of nitrogens with one attached hydrogen (secondary N) is 1. The van der Waals surface area contributed by atoms with Crippen LogP contribution in [0.25, 0.3) is 0 Å². The number of halogens is 1. The predicted octanol–water partition coefficient (Wildman–Crippen LogP) is 1.29. The maximum absolute atomic E-state index is 15.1. The second kappa shape index (κ2) is 6.59. The van der Waals surface area contributed by atoms with E-state index in [1.807, 2.05) is 4.90 Å². The van der Waals surface area contributed by atoms with Gasteiger partial charge in [0, 0.05) is 37.1 Å². The highest BCUT2D eigenvalue weighted by Crippen LogP contribution is 2.41. The van der Waals surface area contributed by atoms with Gasteiger partial charge in [-0.15, -0.1) is 0 Å². The van der Waals surface area contributed by atoms with E-state index in [0.29, 0.717) is 18.3 Å². The van der Waals surface area contributed by atoms with E-state index in [1.54, 1.807) is 0 Å². The molecule has 0 radical (unpaired) electrons. The molecule has 0 unspecified atom stereocenters. The Bertz CT molecular complexity index is 1030. The standard InChI is InChI=1S/C22H25FN4O4/c1-22(2,3)26-10-11-6-12(26)9-25(11)17-8-14-13(7-15(17)23)20(30)27(21(14)31)16-4-5-18(28)24-19(16)29/h7-8,11-12,16H,4-6,9-10H2,1-3H3,(H,24,28,29)/t11-,12-,16-/m0/s1. The van der Waals surface area contributed by atoms with E-state index in [-0.39, 0.29) is 35.5 Å². The highest BCUT2D eigenvalue weighted by atomic mass is 19.1. The molecule has 164 valence electrons. The molecule has 4 aliphatic heterocycles. The molecule has 8 nitrogen and oxygen atoms in total. The van der Waals surface area contributed by atoms with Crippen molar-refractivity contribution in [3.05, 3.63) is 29.1 Å². The van der Waals surface area contributed by atoms with Gasteiger partial charge in [0.1, 0.15) is 11.9 Å². The Labute approximate surface area is 179 Å². The number of rotatable bonds is 2. The van der Waals surface area contributed by atoms with Crippen LogP contribution in [0.3, 0.4) is 0 Å². The molecule has 0 aromatic heterocycles. The topological polar surface area (TPSA) is 90.0 Å². The van der Waals surface area contributed by atoms with Crippen LogP contribution < -0.4 is 10.2 Å². The third kappa shape index (κ3) is 2.97. The molecule has 5 rings (SSSR count). The number of carbonyl (C=O) groups is 4. The first kappa shape index (κ1) is 20.1. The van der Waals surface area contributed by atoms with Crippen LogP contribution in [0.5, 0.6) is 0 Å². The summed E-state index contributed by atoms with van der Waals surface area (Å²) in [7, 11) is 0. The third-order valence-corrected chi connectivity index (χ3v) is 6.92. The third-order valence-electron chi connectivity index (χ3n) is 6.92. The summed E-state index contributed by atoms with van der Waals surface area (Å²) in [5.74, 6) is -2.96. The molecule has 4 heterocycles. The number of carbonyl (C=O) groups excluding carboxylic acids is 4. The Kier molecular flexibility index (Phi) is 4.28. The predicted molar refractivity (Wildman–Crippen MR) is 109 cm³/mol. The number of hydrogen-bond donors (Lipinski definition) is 1. The number of amides is 4. The number of hydrogen-bond acceptors (Lipinski definition) is 6. The van der Waals surface area contributed by atoms with Gasteiger partial charge in [0.15, 0.2) is 0 Å². The van der Waals surface area contributed by atoms with Crippen molar-refractivity contribution in [2.24, 2.45) is 0 Å². The lowest BCUT2D eigenvalue weighted by Gasteiger charge is -2.42. The van der Waals surface area contributed by atoms with Gasteiger partial charge in [-0.2, -0.15) is 0 Å². The monoisotopic (exact) mass is 428 g/mol. The second-order valence-electron chi connectivity index (χ2n) is 9.82. The number of piperidine rings is 1. The highest BCUT2D eigenvalue weighted by Gasteiger charge is 2.49. The van der Waals surface area contributed by atoms with E-state index in [0.717, 1.165) is 23.9 Å². The first-order valence-electron chi connectivity index (χ1n) is 10.6. The number of piperazine rings is 1. The molecule has 0 saturated carbocycles. The lowest BCUT2D eigenvalue weighted by molar-refractivity contribution is -0.136. The molecule has 3 saturated heterocycles. The zero-order valence-electron chi connectivity index (χ0n) is 17.8. The Morgan fingerprint density at radius 1 is 1.00 bits per heavy atom. The zero-order chi connectivity index (χ0) is 22.2. The van der Waals surface area contributed by atoms with Gasteiger partial charge in [0.2, 0.25) is 11.8 Å². The summed E-state index contributed by atoms with van der Waals surface area (Å²) in [5.41, 5.74) is 0.441. The van der Waals surface area contributed by atoms with Crippen molar-refractivity contribution >= 4 is 29.3 Å². The van der Waals surface area contributed by atoms with E-state index in [9.17, 15) is 19.2 Å². The summed E-state index contributed by atoms with van der Waals surface area (Å²) in [6.45, 7) is 7.99. The molecule has 3 atom stereocenters. The first-order valence-corrected chi connectivity index (χ1v) is 10.6. The average Bonchev–Trinajstić information content (AvgIpc) is 3.35. The molecule has 3 fully saturated rings. The number of imide groups is 2. The van der Waals surface area contributed by atoms with Crippen LogP contribution in [0.1, 0.15) is 60.7 Å². The minimum absolute atomic E-state index is 0.0309. The summed E-state index contributed by atoms with van der Waals surface area (Å²) < 4.78 is 15.1. The van der Waals surface area contributed by atoms with Crippen LogP contribution >= 0.6 is 0 Å². The Hall–Kier alpha value is -2.81. The van der Waals surface area contributed by atoms with Gasteiger partial charge >= 0.3 is 0 Å². The second-order valence-corrected chi connectivity index (χ2v) is 9.82. The summed E-state index contributed by atoms with van der Waals surface area (Å²) in [4.78, 5) is 54.8. The summed E-state index contributed by atoms with van der Waals surface area (Å²) >= 11 is 0. The van der Waals surface area contributed by atoms with Gasteiger partial charge in [-0.25, -0.2) is 4.39 Å². The number of likely N-dealkylation sites (tertiary alicyclic amines) is 1. The van der Waals surface area contributed by atoms with E-state index in [1.165, 1.54) is 6.07 Å². The Balaban J connectivity index is 1.43. The lowest BCUT2D eigenvalue weighted by atomic mass is 10.0. The number of benzene rings is 1. The number of anilines is 1. The summed E-state index contributed by atoms with van der Waals surface area (Å²) in [6, 6.07) is 1.98. The SMILES string of the molecule is CC(C)(C)N1C[C@@H]2C[C@H]1CN2c1cc2c(cc1F)C(=O)N([C@H]1CCC(=O)NC1=O)C2=O. The molecular weight excluding hydrogens is 403 g/mol. The molecule has 0 spiro atoms. The average molecular weight is 428 g/mol. The minimum Gasteiger partial charge on any atom is -0.363 e. The first-order chi connectivity index (χ1) is 14.6. The molecule has 9 heteroatoms. The smallest absolute Gasteiger partial charge is 0.262 e. The van der Waals surface area contributed by atoms with Gasteiger partial charge in [0.05, 0.1) is 16.8 Å². The van der Waals surface area contributed by atoms with Crippen LogP contribution in [0.4, 0.5) is 10.1 Å². The van der Waals surface area contributed by atoms with Crippen LogP contribution in [-0.4, -0.2) is 70.2 Å². The molecule has 0 aliphatic carbocycles. The van der Waals surface area contributed by atoms with Crippen molar-refractivity contribution in [1.82, 2.24) is 15.1 Å². The van der Waals surface area contributed by atoms with Crippen molar-refractivity contribution in [3.63, 3.8) is 0 Å². The summed E-state index contributed by atoms with van der Waals surface area (Å²) in [5, 5.41) is 2.17. The van der Waals surface area contributed by atoms with Crippen molar-refractivity contribution in [2.75, 3.05) is 18.0 Å². The van der Waals surface area contributed by atoms with Crippen LogP contribution in [-0.2, 0) is 9.59 Å². The van der Waals surface area contributed by atoms with Gasteiger partial charge in [0.25, 0.3) is 11.8 Å². The molecule has 2 bridgehead atoms. The Morgan fingerprint density at radius 3 is 2.26 bits per heavy atom. The maximum Gasteiger partial charge on any atom is 0.262 e. The van der Waals surface area contributed by atoms with Gasteiger partial charge in [-0.1, -0.05) is 0 Å². The van der Waals surface area contributed by atoms with E-state index >= 15 is 4.39 Å². The molecule has 1 aromatic carbocycles. The Morgan fingerprint density at radius 2 is 1.68 bits per heavy atom. The van der Waals surface area contributed by atoms with Gasteiger partial charge in [-0.05, 0) is 45.7 Å². The zero-order valence-corrected chi connectivity index (χ0v) is 17.8.